The molecule has 0 aromatic heterocycles. The van der Waals surface area contributed by atoms with E-state index in [9.17, 15) is 5.11 Å². The number of nitrogens with zero attached hydrogens (tertiary/aromatic N) is 1. The standard InChI is InChI=1S/C15H25NO4/c1-14(11(20-14)4-6-16-7-8-16)13-12(18-2)10(17)3-5-15(13)9-19-15/h10-13,17H,3-9H2,1-2H3/t10-,11-,12-,13-,14+,15+/m1/s1. The minimum atomic E-state index is -0.395. The molecule has 3 saturated heterocycles. The Morgan fingerprint density at radius 1 is 1.40 bits per heavy atom. The third-order valence-corrected chi connectivity index (χ3v) is 5.77. The number of hydrogen-bond donors (Lipinski definition) is 1. The van der Waals surface area contributed by atoms with Crippen LogP contribution >= 0.6 is 0 Å². The van der Waals surface area contributed by atoms with Crippen LogP contribution in [-0.2, 0) is 14.2 Å². The van der Waals surface area contributed by atoms with Crippen molar-refractivity contribution in [1.82, 2.24) is 4.90 Å². The van der Waals surface area contributed by atoms with Crippen LogP contribution < -0.4 is 0 Å². The molecule has 0 bridgehead atoms. The lowest BCUT2D eigenvalue weighted by molar-refractivity contribution is -0.116. The van der Waals surface area contributed by atoms with E-state index in [1.807, 2.05) is 0 Å². The number of epoxide rings is 2. The number of aliphatic hydroxyl groups is 1. The second-order valence-electron chi connectivity index (χ2n) is 7.06. The third kappa shape index (κ3) is 2.03. The summed E-state index contributed by atoms with van der Waals surface area (Å²) in [5, 5.41) is 10.3. The second-order valence-corrected chi connectivity index (χ2v) is 7.06. The molecular weight excluding hydrogens is 258 g/mol. The molecule has 1 spiro atoms. The normalized spacial score (nSPS) is 54.1. The zero-order valence-corrected chi connectivity index (χ0v) is 12.4. The highest BCUT2D eigenvalue weighted by atomic mass is 16.6. The van der Waals surface area contributed by atoms with E-state index in [2.05, 4.69) is 11.8 Å². The summed E-state index contributed by atoms with van der Waals surface area (Å²) >= 11 is 0. The largest absolute Gasteiger partial charge is 0.390 e. The second kappa shape index (κ2) is 4.40. The molecule has 1 N–H and O–H groups in total. The molecule has 1 aliphatic carbocycles. The Labute approximate surface area is 120 Å². The molecule has 20 heavy (non-hydrogen) atoms. The fourth-order valence-corrected chi connectivity index (χ4v) is 4.28. The van der Waals surface area contributed by atoms with Crippen LogP contribution in [0.2, 0.25) is 0 Å². The average molecular weight is 283 g/mol. The van der Waals surface area contributed by atoms with Crippen molar-refractivity contribution in [2.75, 3.05) is 33.4 Å². The lowest BCUT2D eigenvalue weighted by atomic mass is 9.68. The summed E-state index contributed by atoms with van der Waals surface area (Å²) in [5.74, 6) is 0.156. The van der Waals surface area contributed by atoms with E-state index in [4.69, 9.17) is 14.2 Å². The first-order chi connectivity index (χ1) is 9.59. The Bertz CT molecular complexity index is 395. The van der Waals surface area contributed by atoms with Gasteiger partial charge in [-0.15, -0.1) is 0 Å². The first-order valence-electron chi connectivity index (χ1n) is 7.84. The minimum Gasteiger partial charge on any atom is -0.390 e. The van der Waals surface area contributed by atoms with Gasteiger partial charge in [-0.3, -0.25) is 0 Å². The predicted octanol–water partition coefficient (Wildman–Crippen LogP) is 0.405. The number of hydrogen-bond acceptors (Lipinski definition) is 5. The van der Waals surface area contributed by atoms with Gasteiger partial charge in [0.25, 0.3) is 0 Å². The van der Waals surface area contributed by atoms with Gasteiger partial charge in [-0.05, 0) is 26.2 Å². The van der Waals surface area contributed by atoms with Crippen molar-refractivity contribution in [2.45, 2.75) is 55.7 Å². The van der Waals surface area contributed by atoms with Crippen molar-refractivity contribution in [3.63, 3.8) is 0 Å². The van der Waals surface area contributed by atoms with Crippen molar-refractivity contribution in [1.29, 1.82) is 0 Å². The zero-order valence-electron chi connectivity index (χ0n) is 12.4. The number of ether oxygens (including phenoxy) is 3. The highest BCUT2D eigenvalue weighted by Crippen LogP contribution is 2.59. The summed E-state index contributed by atoms with van der Waals surface area (Å²) in [6.07, 6.45) is 2.50. The number of aliphatic hydroxyl groups excluding tert-OH is 1. The predicted molar refractivity (Wildman–Crippen MR) is 72.5 cm³/mol. The van der Waals surface area contributed by atoms with Crippen LogP contribution in [0.3, 0.4) is 0 Å². The third-order valence-electron chi connectivity index (χ3n) is 5.77. The summed E-state index contributed by atoms with van der Waals surface area (Å²) in [4.78, 5) is 2.43. The van der Waals surface area contributed by atoms with Crippen LogP contribution in [0, 0.1) is 5.92 Å². The van der Waals surface area contributed by atoms with Gasteiger partial charge in [-0.25, -0.2) is 0 Å². The minimum absolute atomic E-state index is 0.0940. The molecule has 6 atom stereocenters. The van der Waals surface area contributed by atoms with E-state index < -0.39 is 6.10 Å². The molecule has 3 heterocycles. The van der Waals surface area contributed by atoms with Crippen LogP contribution in [0.15, 0.2) is 0 Å². The van der Waals surface area contributed by atoms with Gasteiger partial charge >= 0.3 is 0 Å². The summed E-state index contributed by atoms with van der Waals surface area (Å²) in [5.41, 5.74) is -0.280. The van der Waals surface area contributed by atoms with Gasteiger partial charge < -0.3 is 24.2 Å². The molecule has 3 aliphatic heterocycles. The number of methoxy groups -OCH3 is 1. The smallest absolute Gasteiger partial charge is 0.100 e. The van der Waals surface area contributed by atoms with Gasteiger partial charge in [0.05, 0.1) is 36.4 Å². The fourth-order valence-electron chi connectivity index (χ4n) is 4.28. The monoisotopic (exact) mass is 283 g/mol. The Balaban J connectivity index is 1.49. The molecule has 0 amide bonds. The van der Waals surface area contributed by atoms with Crippen LogP contribution in [0.5, 0.6) is 0 Å². The number of rotatable bonds is 5. The van der Waals surface area contributed by atoms with Crippen molar-refractivity contribution < 1.29 is 19.3 Å². The summed E-state index contributed by atoms with van der Waals surface area (Å²) in [7, 11) is 1.69. The van der Waals surface area contributed by atoms with Crippen LogP contribution in [0.1, 0.15) is 26.2 Å². The van der Waals surface area contributed by atoms with Crippen LogP contribution in [0.4, 0.5) is 0 Å². The summed E-state index contributed by atoms with van der Waals surface area (Å²) in [6, 6.07) is 0. The van der Waals surface area contributed by atoms with Crippen LogP contribution in [-0.4, -0.2) is 72.9 Å². The Morgan fingerprint density at radius 3 is 2.75 bits per heavy atom. The van der Waals surface area contributed by atoms with Crippen LogP contribution in [0.25, 0.3) is 0 Å². The van der Waals surface area contributed by atoms with E-state index in [-0.39, 0.29) is 29.3 Å². The maximum absolute atomic E-state index is 10.3. The van der Waals surface area contributed by atoms with Crippen molar-refractivity contribution in [3.05, 3.63) is 0 Å². The van der Waals surface area contributed by atoms with Crippen molar-refractivity contribution in [3.8, 4) is 0 Å². The van der Waals surface area contributed by atoms with Gasteiger partial charge in [-0.1, -0.05) is 0 Å². The highest BCUT2D eigenvalue weighted by Gasteiger charge is 2.71. The molecule has 0 radical (unpaired) electrons. The molecule has 4 fully saturated rings. The molecule has 0 aromatic carbocycles. The van der Waals surface area contributed by atoms with Crippen molar-refractivity contribution >= 4 is 0 Å². The maximum atomic E-state index is 10.3. The molecule has 0 unspecified atom stereocenters. The zero-order chi connectivity index (χ0) is 14.0. The van der Waals surface area contributed by atoms with Gasteiger partial charge in [-0.2, -0.15) is 0 Å². The molecule has 4 rings (SSSR count). The van der Waals surface area contributed by atoms with Crippen molar-refractivity contribution in [2.24, 2.45) is 5.92 Å². The Hall–Kier alpha value is -0.200. The first-order valence-corrected chi connectivity index (χ1v) is 7.84. The van der Waals surface area contributed by atoms with E-state index >= 15 is 0 Å². The Kier molecular flexibility index (Phi) is 2.96. The quantitative estimate of drug-likeness (QED) is 0.740. The van der Waals surface area contributed by atoms with Gasteiger partial charge in [0.15, 0.2) is 0 Å². The SMILES string of the molecule is CO[C@@H]1[C@H](O)CC[C@]2(CO2)[C@H]1[C@@]1(C)O[C@@H]1CCN1CC1. The fraction of sp³-hybridized carbons (Fsp3) is 1.00. The van der Waals surface area contributed by atoms with E-state index in [1.54, 1.807) is 7.11 Å². The van der Waals surface area contributed by atoms with E-state index in [1.165, 1.54) is 13.1 Å². The molecule has 0 aromatic rings. The molecule has 4 aliphatic rings. The lowest BCUT2D eigenvalue weighted by Gasteiger charge is -2.41. The molecule has 5 nitrogen and oxygen atoms in total. The highest BCUT2D eigenvalue weighted by molar-refractivity contribution is 5.19. The molecular formula is C15H25NO4. The molecule has 1 saturated carbocycles. The lowest BCUT2D eigenvalue weighted by Crippen LogP contribution is -2.54. The Morgan fingerprint density at radius 2 is 2.15 bits per heavy atom. The molecule has 5 heteroatoms. The molecule has 114 valence electrons. The first kappa shape index (κ1) is 13.5. The van der Waals surface area contributed by atoms with Gasteiger partial charge in [0, 0.05) is 26.7 Å². The van der Waals surface area contributed by atoms with Gasteiger partial charge in [0.1, 0.15) is 5.60 Å². The van der Waals surface area contributed by atoms with Gasteiger partial charge in [0.2, 0.25) is 0 Å². The van der Waals surface area contributed by atoms with E-state index in [0.29, 0.717) is 0 Å². The summed E-state index contributed by atoms with van der Waals surface area (Å²) < 4.78 is 17.5. The maximum Gasteiger partial charge on any atom is 0.100 e. The topological polar surface area (TPSA) is 57.5 Å². The average Bonchev–Trinajstić information content (AvgIpc) is 3.28. The summed E-state index contributed by atoms with van der Waals surface area (Å²) in [6.45, 7) is 6.57. The van der Waals surface area contributed by atoms with E-state index in [0.717, 1.165) is 32.4 Å².